The summed E-state index contributed by atoms with van der Waals surface area (Å²) < 4.78 is 13.2. The number of amides is 1. The van der Waals surface area contributed by atoms with Crippen molar-refractivity contribution in [2.45, 2.75) is 12.8 Å². The Labute approximate surface area is 210 Å². The number of rotatable bonds is 6. The number of halogens is 2. The van der Waals surface area contributed by atoms with Crippen molar-refractivity contribution in [3.05, 3.63) is 89.2 Å². The van der Waals surface area contributed by atoms with Gasteiger partial charge in [-0.3, -0.25) is 9.59 Å². The van der Waals surface area contributed by atoms with E-state index in [2.05, 4.69) is 22.2 Å². The molecule has 0 bridgehead atoms. The molecule has 1 saturated heterocycles. The van der Waals surface area contributed by atoms with E-state index in [-0.39, 0.29) is 42.0 Å². The van der Waals surface area contributed by atoms with Crippen LogP contribution in [-0.2, 0) is 6.42 Å². The zero-order chi connectivity index (χ0) is 24.1. The molecule has 184 valence electrons. The Morgan fingerprint density at radius 2 is 1.60 bits per heavy atom. The number of phenols is 1. The maximum absolute atomic E-state index is 13.2. The number of phenolic OH excluding ortho intramolecular Hbond substituents is 1. The summed E-state index contributed by atoms with van der Waals surface area (Å²) in [5.41, 5.74) is 2.56. The second-order valence-electron chi connectivity index (χ2n) is 8.56. The summed E-state index contributed by atoms with van der Waals surface area (Å²) in [5, 5.41) is 13.1. The van der Waals surface area contributed by atoms with Gasteiger partial charge in [0.05, 0.1) is 5.69 Å². The molecule has 1 fully saturated rings. The highest BCUT2D eigenvalue weighted by Gasteiger charge is 2.17. The van der Waals surface area contributed by atoms with Gasteiger partial charge in [0, 0.05) is 42.9 Å². The molecular formula is C27H29ClFN3O3. The van der Waals surface area contributed by atoms with Gasteiger partial charge in [-0.25, -0.2) is 4.39 Å². The number of carbonyl (C=O) groups excluding carboxylic acids is 2. The molecule has 2 N–H and O–H groups in total. The molecule has 0 saturated carbocycles. The van der Waals surface area contributed by atoms with Crippen molar-refractivity contribution in [3.8, 4) is 5.75 Å². The molecule has 1 aliphatic rings. The Balaban J connectivity index is 0.00000342. The summed E-state index contributed by atoms with van der Waals surface area (Å²) in [6.07, 6.45) is 1.05. The average molecular weight is 498 g/mol. The van der Waals surface area contributed by atoms with Gasteiger partial charge in [0.2, 0.25) is 0 Å². The highest BCUT2D eigenvalue weighted by molar-refractivity contribution is 6.06. The molecule has 1 heterocycles. The number of likely N-dealkylation sites (N-methyl/N-ethyl adjacent to an activating group) is 1. The molecule has 8 heteroatoms. The van der Waals surface area contributed by atoms with E-state index in [4.69, 9.17) is 0 Å². The number of carbonyl (C=O) groups is 2. The van der Waals surface area contributed by atoms with Crippen molar-refractivity contribution in [3.63, 3.8) is 0 Å². The Morgan fingerprint density at radius 3 is 2.31 bits per heavy atom. The third-order valence-corrected chi connectivity index (χ3v) is 6.10. The molecule has 0 radical (unpaired) electrons. The Bertz CT molecular complexity index is 1170. The Morgan fingerprint density at radius 1 is 0.914 bits per heavy atom. The first-order valence-corrected chi connectivity index (χ1v) is 11.4. The van der Waals surface area contributed by atoms with E-state index < -0.39 is 5.82 Å². The number of Topliss-reactive ketones (excluding diaryl/α,β-unsaturated/α-hetero) is 1. The van der Waals surface area contributed by atoms with Gasteiger partial charge < -0.3 is 20.2 Å². The number of nitrogens with one attached hydrogen (secondary N) is 1. The molecule has 35 heavy (non-hydrogen) atoms. The van der Waals surface area contributed by atoms with Gasteiger partial charge in [-0.15, -0.1) is 12.4 Å². The minimum absolute atomic E-state index is 0. The normalized spacial score (nSPS) is 14.1. The van der Waals surface area contributed by atoms with Crippen molar-refractivity contribution in [1.29, 1.82) is 0 Å². The second-order valence-corrected chi connectivity index (χ2v) is 8.56. The molecule has 3 aromatic rings. The van der Waals surface area contributed by atoms with Crippen molar-refractivity contribution in [2.75, 3.05) is 43.4 Å². The van der Waals surface area contributed by atoms with Crippen LogP contribution in [-0.4, -0.2) is 54.9 Å². The SMILES string of the molecule is CN1CCCN(c2ccc(C(=O)Nc3c(O)cccc3CC(=O)c3ccc(F)cc3)cc2)CC1.Cl. The van der Waals surface area contributed by atoms with Gasteiger partial charge in [-0.2, -0.15) is 0 Å². The van der Waals surface area contributed by atoms with Crippen molar-refractivity contribution in [2.24, 2.45) is 0 Å². The van der Waals surface area contributed by atoms with E-state index in [9.17, 15) is 19.1 Å². The smallest absolute Gasteiger partial charge is 0.255 e. The van der Waals surface area contributed by atoms with Gasteiger partial charge in [-0.05, 0) is 80.2 Å². The van der Waals surface area contributed by atoms with E-state index in [0.29, 0.717) is 16.7 Å². The van der Waals surface area contributed by atoms with Crippen LogP contribution >= 0.6 is 12.4 Å². The topological polar surface area (TPSA) is 72.9 Å². The van der Waals surface area contributed by atoms with E-state index in [1.807, 2.05) is 12.1 Å². The number of para-hydroxylation sites is 1. The predicted molar refractivity (Wildman–Crippen MR) is 139 cm³/mol. The third-order valence-electron chi connectivity index (χ3n) is 6.10. The lowest BCUT2D eigenvalue weighted by Gasteiger charge is -2.23. The predicted octanol–water partition coefficient (Wildman–Crippen LogP) is 4.77. The molecule has 1 aliphatic heterocycles. The number of nitrogens with zero attached hydrogens (tertiary/aromatic N) is 2. The lowest BCUT2D eigenvalue weighted by Crippen LogP contribution is -2.28. The maximum atomic E-state index is 13.2. The third kappa shape index (κ3) is 6.59. The van der Waals surface area contributed by atoms with E-state index in [1.54, 1.807) is 24.3 Å². The van der Waals surface area contributed by atoms with E-state index in [1.165, 1.54) is 30.3 Å². The van der Waals surface area contributed by atoms with Crippen LogP contribution in [0, 0.1) is 5.82 Å². The van der Waals surface area contributed by atoms with Gasteiger partial charge >= 0.3 is 0 Å². The fraction of sp³-hybridized carbons (Fsp3) is 0.259. The molecule has 0 spiro atoms. The highest BCUT2D eigenvalue weighted by atomic mass is 35.5. The summed E-state index contributed by atoms with van der Waals surface area (Å²) in [4.78, 5) is 30.2. The zero-order valence-corrected chi connectivity index (χ0v) is 20.4. The molecule has 3 aromatic carbocycles. The lowest BCUT2D eigenvalue weighted by atomic mass is 10.0. The average Bonchev–Trinajstić information content (AvgIpc) is 3.06. The molecule has 0 aliphatic carbocycles. The summed E-state index contributed by atoms with van der Waals surface area (Å²) >= 11 is 0. The minimum atomic E-state index is -0.420. The standard InChI is InChI=1S/C27H28FN3O3.ClH/c1-30-14-3-15-31(17-16-30)23-12-8-20(9-13-23)27(34)29-26-21(4-2-5-24(26)32)18-25(33)19-6-10-22(28)11-7-19;/h2,4-13,32H,3,14-18H2,1H3,(H,29,34);1H. The number of ketones is 1. The van der Waals surface area contributed by atoms with Gasteiger partial charge in [0.1, 0.15) is 11.6 Å². The second kappa shape index (κ2) is 11.8. The summed E-state index contributed by atoms with van der Waals surface area (Å²) in [6, 6.07) is 17.4. The first-order chi connectivity index (χ1) is 16.4. The Hall–Kier alpha value is -3.42. The zero-order valence-electron chi connectivity index (χ0n) is 19.5. The van der Waals surface area contributed by atoms with Crippen LogP contribution in [0.2, 0.25) is 0 Å². The number of hydrogen-bond donors (Lipinski definition) is 2. The molecule has 1 amide bonds. The fourth-order valence-corrected chi connectivity index (χ4v) is 4.10. The van der Waals surface area contributed by atoms with Crippen LogP contribution in [0.4, 0.5) is 15.8 Å². The van der Waals surface area contributed by atoms with Crippen LogP contribution in [0.5, 0.6) is 5.75 Å². The monoisotopic (exact) mass is 497 g/mol. The fourth-order valence-electron chi connectivity index (χ4n) is 4.10. The molecule has 4 rings (SSSR count). The van der Waals surface area contributed by atoms with Crippen molar-refractivity contribution < 1.29 is 19.1 Å². The largest absolute Gasteiger partial charge is 0.506 e. The molecule has 6 nitrogen and oxygen atoms in total. The van der Waals surface area contributed by atoms with Crippen LogP contribution in [0.15, 0.2) is 66.7 Å². The molecule has 0 aromatic heterocycles. The van der Waals surface area contributed by atoms with Gasteiger partial charge in [0.25, 0.3) is 5.91 Å². The lowest BCUT2D eigenvalue weighted by molar-refractivity contribution is 0.0988. The summed E-state index contributed by atoms with van der Waals surface area (Å²) in [5.74, 6) is -1.16. The van der Waals surface area contributed by atoms with Crippen LogP contribution in [0.25, 0.3) is 0 Å². The molecular weight excluding hydrogens is 469 g/mol. The first-order valence-electron chi connectivity index (χ1n) is 11.4. The first kappa shape index (κ1) is 26.2. The molecule has 0 atom stereocenters. The number of aromatic hydroxyl groups is 1. The summed E-state index contributed by atoms with van der Waals surface area (Å²) in [6.45, 7) is 3.98. The highest BCUT2D eigenvalue weighted by Crippen LogP contribution is 2.29. The van der Waals surface area contributed by atoms with E-state index in [0.717, 1.165) is 38.3 Å². The van der Waals surface area contributed by atoms with Crippen LogP contribution in [0.3, 0.4) is 0 Å². The van der Waals surface area contributed by atoms with Crippen LogP contribution in [0.1, 0.15) is 32.7 Å². The maximum Gasteiger partial charge on any atom is 0.255 e. The van der Waals surface area contributed by atoms with Crippen LogP contribution < -0.4 is 10.2 Å². The number of hydrogen-bond acceptors (Lipinski definition) is 5. The minimum Gasteiger partial charge on any atom is -0.506 e. The van der Waals surface area contributed by atoms with Gasteiger partial charge in [0.15, 0.2) is 5.78 Å². The Kier molecular flexibility index (Phi) is 8.84. The van der Waals surface area contributed by atoms with E-state index >= 15 is 0 Å². The van der Waals surface area contributed by atoms with Crippen molar-refractivity contribution >= 4 is 35.5 Å². The summed E-state index contributed by atoms with van der Waals surface area (Å²) in [7, 11) is 2.12. The quantitative estimate of drug-likeness (QED) is 0.379. The molecule has 0 unspecified atom stereocenters. The van der Waals surface area contributed by atoms with Gasteiger partial charge in [-0.1, -0.05) is 12.1 Å². The number of anilines is 2. The number of benzene rings is 3. The van der Waals surface area contributed by atoms with Crippen molar-refractivity contribution in [1.82, 2.24) is 4.90 Å².